The summed E-state index contributed by atoms with van der Waals surface area (Å²) in [5.74, 6) is -0.875. The van der Waals surface area contributed by atoms with Crippen molar-refractivity contribution in [1.29, 1.82) is 0 Å². The summed E-state index contributed by atoms with van der Waals surface area (Å²) in [7, 11) is 0. The molecule has 0 bridgehead atoms. The van der Waals surface area contributed by atoms with E-state index < -0.39 is 23.8 Å². The van der Waals surface area contributed by atoms with Crippen LogP contribution in [-0.4, -0.2) is 29.4 Å². The van der Waals surface area contributed by atoms with Crippen LogP contribution in [0.15, 0.2) is 24.3 Å². The van der Waals surface area contributed by atoms with Gasteiger partial charge in [-0.3, -0.25) is 15.6 Å². The molecule has 0 aliphatic carbocycles. The van der Waals surface area contributed by atoms with Crippen molar-refractivity contribution in [2.45, 2.75) is 18.9 Å². The Morgan fingerprint density at radius 1 is 1.37 bits per heavy atom. The predicted molar refractivity (Wildman–Crippen MR) is 67.5 cm³/mol. The van der Waals surface area contributed by atoms with Crippen molar-refractivity contribution >= 4 is 17.6 Å². The number of carbonyl (C=O) groups is 2. The Balaban J connectivity index is 1.95. The number of nitrogens with one attached hydrogen (secondary N) is 2. The van der Waals surface area contributed by atoms with Crippen LogP contribution in [0.25, 0.3) is 0 Å². The van der Waals surface area contributed by atoms with E-state index in [0.29, 0.717) is 13.0 Å². The standard InChI is InChI=1S/C12H15FN4O2/c13-8-4-1-2-5-9(8)15-16-11(18)10-6-3-7-17(10)12(14)19/h1-2,4-5,10,15H,3,6-7H2,(H2,14,19)(H,16,18). The lowest BCUT2D eigenvalue weighted by Crippen LogP contribution is -2.49. The van der Waals surface area contributed by atoms with Gasteiger partial charge in [0.15, 0.2) is 0 Å². The van der Waals surface area contributed by atoms with E-state index in [1.807, 2.05) is 0 Å². The Morgan fingerprint density at radius 3 is 2.79 bits per heavy atom. The zero-order valence-electron chi connectivity index (χ0n) is 10.2. The molecule has 1 aromatic carbocycles. The first-order valence-electron chi connectivity index (χ1n) is 5.96. The summed E-state index contributed by atoms with van der Waals surface area (Å²) in [6.07, 6.45) is 1.27. The van der Waals surface area contributed by atoms with Crippen LogP contribution in [0, 0.1) is 5.82 Å². The fourth-order valence-corrected chi connectivity index (χ4v) is 2.08. The molecule has 0 spiro atoms. The van der Waals surface area contributed by atoms with Crippen LogP contribution in [-0.2, 0) is 4.79 Å². The molecule has 19 heavy (non-hydrogen) atoms. The number of benzene rings is 1. The molecule has 1 heterocycles. The van der Waals surface area contributed by atoms with Gasteiger partial charge in [-0.2, -0.15) is 0 Å². The highest BCUT2D eigenvalue weighted by molar-refractivity contribution is 5.87. The zero-order chi connectivity index (χ0) is 13.8. The van der Waals surface area contributed by atoms with Crippen molar-refractivity contribution in [2.75, 3.05) is 12.0 Å². The first kappa shape index (κ1) is 13.1. The largest absolute Gasteiger partial charge is 0.351 e. The van der Waals surface area contributed by atoms with Gasteiger partial charge in [0.05, 0.1) is 5.69 Å². The lowest BCUT2D eigenvalue weighted by atomic mass is 10.2. The average Bonchev–Trinajstić information content (AvgIpc) is 2.87. The summed E-state index contributed by atoms with van der Waals surface area (Å²) >= 11 is 0. The van der Waals surface area contributed by atoms with E-state index in [1.165, 1.54) is 17.0 Å². The Morgan fingerprint density at radius 2 is 2.11 bits per heavy atom. The third-order valence-electron chi connectivity index (χ3n) is 3.03. The quantitative estimate of drug-likeness (QED) is 0.707. The SMILES string of the molecule is NC(=O)N1CCCC1C(=O)NNc1ccccc1F. The van der Waals surface area contributed by atoms with Gasteiger partial charge in [-0.1, -0.05) is 12.1 Å². The number of carbonyl (C=O) groups excluding carboxylic acids is 2. The number of hydrogen-bond donors (Lipinski definition) is 3. The summed E-state index contributed by atoms with van der Waals surface area (Å²) in [6.45, 7) is 0.465. The Hall–Kier alpha value is -2.31. The molecule has 1 atom stereocenters. The number of nitrogens with zero attached hydrogens (tertiary/aromatic N) is 1. The summed E-state index contributed by atoms with van der Waals surface area (Å²) < 4.78 is 13.3. The van der Waals surface area contributed by atoms with E-state index in [0.717, 1.165) is 6.42 Å². The van der Waals surface area contributed by atoms with E-state index in [2.05, 4.69) is 10.9 Å². The molecule has 1 saturated heterocycles. The molecule has 3 amide bonds. The normalized spacial score (nSPS) is 18.2. The van der Waals surface area contributed by atoms with Crippen LogP contribution in [0.1, 0.15) is 12.8 Å². The Kier molecular flexibility index (Phi) is 3.84. The van der Waals surface area contributed by atoms with E-state index in [-0.39, 0.29) is 5.69 Å². The lowest BCUT2D eigenvalue weighted by molar-refractivity contribution is -0.124. The highest BCUT2D eigenvalue weighted by atomic mass is 19.1. The second-order valence-electron chi connectivity index (χ2n) is 4.28. The summed E-state index contributed by atoms with van der Waals surface area (Å²) in [5, 5.41) is 0. The Bertz CT molecular complexity index is 494. The van der Waals surface area contributed by atoms with E-state index >= 15 is 0 Å². The van der Waals surface area contributed by atoms with Gasteiger partial charge in [0.1, 0.15) is 11.9 Å². The molecule has 0 saturated carbocycles. The molecule has 1 unspecified atom stereocenters. The van der Waals surface area contributed by atoms with Crippen molar-refractivity contribution in [1.82, 2.24) is 10.3 Å². The molecule has 0 aromatic heterocycles. The summed E-state index contributed by atoms with van der Waals surface area (Å²) in [4.78, 5) is 24.3. The van der Waals surface area contributed by atoms with Crippen LogP contribution < -0.4 is 16.6 Å². The summed E-state index contributed by atoms with van der Waals surface area (Å²) in [6, 6.07) is 4.74. The van der Waals surface area contributed by atoms with Crippen molar-refractivity contribution in [3.63, 3.8) is 0 Å². The number of anilines is 1. The number of amides is 3. The number of hydrogen-bond acceptors (Lipinski definition) is 3. The van der Waals surface area contributed by atoms with Crippen molar-refractivity contribution in [3.8, 4) is 0 Å². The summed E-state index contributed by atoms with van der Waals surface area (Å²) in [5.41, 5.74) is 10.2. The highest BCUT2D eigenvalue weighted by Crippen LogP contribution is 2.17. The van der Waals surface area contributed by atoms with Crippen molar-refractivity contribution in [2.24, 2.45) is 5.73 Å². The maximum atomic E-state index is 13.3. The van der Waals surface area contributed by atoms with E-state index in [1.54, 1.807) is 12.1 Å². The van der Waals surface area contributed by atoms with Crippen molar-refractivity contribution in [3.05, 3.63) is 30.1 Å². The van der Waals surface area contributed by atoms with E-state index in [4.69, 9.17) is 5.73 Å². The van der Waals surface area contributed by atoms with Gasteiger partial charge in [0.2, 0.25) is 0 Å². The molecule has 1 aliphatic heterocycles. The zero-order valence-corrected chi connectivity index (χ0v) is 10.2. The number of nitrogens with two attached hydrogens (primary N) is 1. The number of likely N-dealkylation sites (tertiary alicyclic amines) is 1. The molecule has 0 radical (unpaired) electrons. The maximum absolute atomic E-state index is 13.3. The third-order valence-corrected chi connectivity index (χ3v) is 3.03. The number of para-hydroxylation sites is 1. The molecule has 1 aliphatic rings. The van der Waals surface area contributed by atoms with Crippen LogP contribution in [0.3, 0.4) is 0 Å². The first-order chi connectivity index (χ1) is 9.09. The average molecular weight is 266 g/mol. The molecular formula is C12H15FN4O2. The fraction of sp³-hybridized carbons (Fsp3) is 0.333. The van der Waals surface area contributed by atoms with Crippen LogP contribution in [0.4, 0.5) is 14.9 Å². The minimum atomic E-state index is -0.622. The number of halogens is 1. The van der Waals surface area contributed by atoms with Gasteiger partial charge >= 0.3 is 6.03 Å². The second-order valence-corrected chi connectivity index (χ2v) is 4.28. The molecule has 1 aromatic rings. The lowest BCUT2D eigenvalue weighted by Gasteiger charge is -2.22. The maximum Gasteiger partial charge on any atom is 0.315 e. The van der Waals surface area contributed by atoms with Gasteiger partial charge < -0.3 is 10.6 Å². The number of hydrazine groups is 1. The highest BCUT2D eigenvalue weighted by Gasteiger charge is 2.32. The van der Waals surface area contributed by atoms with E-state index in [9.17, 15) is 14.0 Å². The molecule has 2 rings (SSSR count). The monoisotopic (exact) mass is 266 g/mol. The van der Waals surface area contributed by atoms with Crippen LogP contribution in [0.2, 0.25) is 0 Å². The van der Waals surface area contributed by atoms with Gasteiger partial charge in [0, 0.05) is 6.54 Å². The third kappa shape index (κ3) is 2.93. The van der Waals surface area contributed by atoms with Crippen LogP contribution in [0.5, 0.6) is 0 Å². The molecule has 1 fully saturated rings. The molecule has 7 heteroatoms. The van der Waals surface area contributed by atoms with Gasteiger partial charge in [0.25, 0.3) is 5.91 Å². The second kappa shape index (κ2) is 5.55. The van der Waals surface area contributed by atoms with Gasteiger partial charge in [-0.05, 0) is 25.0 Å². The first-order valence-corrected chi connectivity index (χ1v) is 5.96. The molecule has 6 nitrogen and oxygen atoms in total. The molecule has 4 N–H and O–H groups in total. The number of rotatable bonds is 3. The number of primary amides is 1. The minimum Gasteiger partial charge on any atom is -0.351 e. The Labute approximate surface area is 109 Å². The molecular weight excluding hydrogens is 251 g/mol. The molecule has 102 valence electrons. The van der Waals surface area contributed by atoms with Gasteiger partial charge in [-0.25, -0.2) is 9.18 Å². The minimum absolute atomic E-state index is 0.166. The fourth-order valence-electron chi connectivity index (χ4n) is 2.08. The predicted octanol–water partition coefficient (Wildman–Crippen LogP) is 0.812. The van der Waals surface area contributed by atoms with Crippen molar-refractivity contribution < 1.29 is 14.0 Å². The topological polar surface area (TPSA) is 87.5 Å². The smallest absolute Gasteiger partial charge is 0.315 e. The van der Waals surface area contributed by atoms with Crippen LogP contribution >= 0.6 is 0 Å². The number of urea groups is 1. The van der Waals surface area contributed by atoms with Gasteiger partial charge in [-0.15, -0.1) is 0 Å².